The zero-order valence-corrected chi connectivity index (χ0v) is 12.8. The normalized spacial score (nSPS) is 23.9. The minimum absolute atomic E-state index is 0.0113. The molecule has 0 aromatic rings. The molecule has 1 rings (SSSR count). The Bertz CT molecular complexity index is 381. The first-order chi connectivity index (χ1) is 8.93. The Labute approximate surface area is 116 Å². The number of hydrogen-bond donors (Lipinski definition) is 2. The van der Waals surface area contributed by atoms with Crippen molar-refractivity contribution in [2.45, 2.75) is 39.5 Å². The summed E-state index contributed by atoms with van der Waals surface area (Å²) in [5, 5.41) is 5.43. The maximum absolute atomic E-state index is 11.5. The number of hydrogen-bond acceptors (Lipinski definition) is 3. The van der Waals surface area contributed by atoms with E-state index in [0.717, 1.165) is 5.92 Å². The Balaban J connectivity index is 2.14. The topological polar surface area (TPSA) is 75.3 Å². The van der Waals surface area contributed by atoms with Crippen LogP contribution in [0.3, 0.4) is 0 Å². The Kier molecular flexibility index (Phi) is 6.62. The summed E-state index contributed by atoms with van der Waals surface area (Å²) in [7, 11) is -3.00. The van der Waals surface area contributed by atoms with E-state index in [4.69, 9.17) is 0 Å². The van der Waals surface area contributed by atoms with Crippen molar-refractivity contribution in [3.8, 4) is 0 Å². The van der Waals surface area contributed by atoms with Crippen LogP contribution in [0.2, 0.25) is 0 Å². The molecule has 6 heteroatoms. The van der Waals surface area contributed by atoms with Crippen LogP contribution < -0.4 is 10.6 Å². The van der Waals surface area contributed by atoms with Crippen molar-refractivity contribution in [3.63, 3.8) is 0 Å². The Morgan fingerprint density at radius 1 is 1.26 bits per heavy atom. The fourth-order valence-electron chi connectivity index (χ4n) is 2.51. The number of carbonyl (C=O) groups is 1. The quantitative estimate of drug-likeness (QED) is 0.779. The summed E-state index contributed by atoms with van der Waals surface area (Å²) in [4.78, 5) is 11.5. The lowest BCUT2D eigenvalue weighted by atomic mass is 9.82. The first kappa shape index (κ1) is 16.3. The van der Waals surface area contributed by atoms with E-state index in [9.17, 15) is 13.2 Å². The summed E-state index contributed by atoms with van der Waals surface area (Å²) in [6.45, 7) is 4.74. The molecule has 0 saturated heterocycles. The highest BCUT2D eigenvalue weighted by Crippen LogP contribution is 2.27. The lowest BCUT2D eigenvalue weighted by Crippen LogP contribution is -2.40. The number of rotatable bonds is 6. The van der Waals surface area contributed by atoms with Crippen LogP contribution in [0.25, 0.3) is 0 Å². The third-order valence-electron chi connectivity index (χ3n) is 3.73. The van der Waals surface area contributed by atoms with E-state index in [-0.39, 0.29) is 24.1 Å². The molecule has 112 valence electrons. The minimum Gasteiger partial charge on any atom is -0.338 e. The van der Waals surface area contributed by atoms with E-state index in [1.54, 1.807) is 6.92 Å². The van der Waals surface area contributed by atoms with Crippen LogP contribution in [0.15, 0.2) is 0 Å². The maximum Gasteiger partial charge on any atom is 0.314 e. The van der Waals surface area contributed by atoms with E-state index < -0.39 is 9.84 Å². The van der Waals surface area contributed by atoms with Gasteiger partial charge in [0.25, 0.3) is 0 Å². The summed E-state index contributed by atoms with van der Waals surface area (Å²) >= 11 is 0. The highest BCUT2D eigenvalue weighted by atomic mass is 32.2. The molecule has 0 aromatic carbocycles. The average Bonchev–Trinajstić information content (AvgIpc) is 2.36. The van der Waals surface area contributed by atoms with Gasteiger partial charge in [-0.25, -0.2) is 13.2 Å². The van der Waals surface area contributed by atoms with Crippen molar-refractivity contribution >= 4 is 15.9 Å². The second kappa shape index (κ2) is 7.72. The van der Waals surface area contributed by atoms with Gasteiger partial charge in [-0.3, -0.25) is 0 Å². The summed E-state index contributed by atoms with van der Waals surface area (Å²) in [6.07, 6.45) is 4.88. The maximum atomic E-state index is 11.5. The number of carbonyl (C=O) groups excluding carboxylic acids is 1. The predicted molar refractivity (Wildman–Crippen MR) is 76.9 cm³/mol. The molecule has 2 atom stereocenters. The van der Waals surface area contributed by atoms with E-state index in [1.165, 1.54) is 25.7 Å². The smallest absolute Gasteiger partial charge is 0.314 e. The van der Waals surface area contributed by atoms with Gasteiger partial charge in [0.15, 0.2) is 9.84 Å². The minimum atomic E-state index is -3.00. The average molecular weight is 290 g/mol. The Morgan fingerprint density at radius 3 is 2.63 bits per heavy atom. The molecule has 0 radical (unpaired) electrons. The second-order valence-corrected chi connectivity index (χ2v) is 7.98. The summed E-state index contributed by atoms with van der Waals surface area (Å²) in [6, 6.07) is -0.260. The molecule has 0 heterocycles. The molecular weight excluding hydrogens is 264 g/mol. The van der Waals surface area contributed by atoms with Gasteiger partial charge in [-0.2, -0.15) is 0 Å². The molecule has 0 bridgehead atoms. The largest absolute Gasteiger partial charge is 0.338 e. The van der Waals surface area contributed by atoms with Crippen molar-refractivity contribution in [3.05, 3.63) is 0 Å². The second-order valence-electron chi connectivity index (χ2n) is 5.51. The molecular formula is C13H26N2O3S. The van der Waals surface area contributed by atoms with E-state index in [0.29, 0.717) is 12.5 Å². The first-order valence-electron chi connectivity index (χ1n) is 7.15. The van der Waals surface area contributed by atoms with Gasteiger partial charge in [-0.15, -0.1) is 0 Å². The van der Waals surface area contributed by atoms with Crippen LogP contribution in [0.1, 0.15) is 39.5 Å². The van der Waals surface area contributed by atoms with Gasteiger partial charge >= 0.3 is 6.03 Å². The lowest BCUT2D eigenvalue weighted by molar-refractivity contribution is 0.231. The fourth-order valence-corrected chi connectivity index (χ4v) is 3.21. The Morgan fingerprint density at radius 2 is 2.00 bits per heavy atom. The summed E-state index contributed by atoms with van der Waals surface area (Å²) in [5.74, 6) is 1.44. The van der Waals surface area contributed by atoms with Gasteiger partial charge in [0, 0.05) is 18.8 Å². The van der Waals surface area contributed by atoms with Gasteiger partial charge in [0.05, 0.1) is 5.75 Å². The highest BCUT2D eigenvalue weighted by Gasteiger charge is 2.19. The molecule has 2 unspecified atom stereocenters. The first-order valence-corrected chi connectivity index (χ1v) is 8.97. The zero-order valence-electron chi connectivity index (χ0n) is 11.9. The van der Waals surface area contributed by atoms with Crippen molar-refractivity contribution in [1.82, 2.24) is 10.6 Å². The van der Waals surface area contributed by atoms with Crippen molar-refractivity contribution in [2.75, 3.05) is 24.6 Å². The van der Waals surface area contributed by atoms with Crippen LogP contribution in [0, 0.1) is 11.8 Å². The van der Waals surface area contributed by atoms with E-state index in [2.05, 4.69) is 17.6 Å². The van der Waals surface area contributed by atoms with Gasteiger partial charge in [0.2, 0.25) is 0 Å². The molecule has 0 aliphatic heterocycles. The third-order valence-corrected chi connectivity index (χ3v) is 5.44. The molecule has 19 heavy (non-hydrogen) atoms. The highest BCUT2D eigenvalue weighted by molar-refractivity contribution is 7.91. The molecule has 1 aliphatic carbocycles. The molecule has 1 saturated carbocycles. The number of nitrogens with one attached hydrogen (secondary N) is 2. The molecule has 1 fully saturated rings. The fraction of sp³-hybridized carbons (Fsp3) is 0.923. The van der Waals surface area contributed by atoms with Crippen LogP contribution in [-0.4, -0.2) is 39.0 Å². The number of urea groups is 1. The molecule has 5 nitrogen and oxygen atoms in total. The molecule has 0 aromatic heterocycles. The van der Waals surface area contributed by atoms with Gasteiger partial charge in [-0.1, -0.05) is 26.7 Å². The lowest BCUT2D eigenvalue weighted by Gasteiger charge is -2.26. The van der Waals surface area contributed by atoms with Crippen LogP contribution in [0.5, 0.6) is 0 Å². The number of sulfone groups is 1. The van der Waals surface area contributed by atoms with Crippen LogP contribution in [0.4, 0.5) is 4.79 Å². The van der Waals surface area contributed by atoms with Crippen LogP contribution in [-0.2, 0) is 9.84 Å². The van der Waals surface area contributed by atoms with E-state index in [1.807, 2.05) is 0 Å². The molecule has 1 aliphatic rings. The molecule has 2 amide bonds. The SMILES string of the molecule is CCS(=O)(=O)CCNC(=O)NCC1CCCC(C)C1. The summed E-state index contributed by atoms with van der Waals surface area (Å²) < 4.78 is 22.5. The van der Waals surface area contributed by atoms with Crippen molar-refractivity contribution in [1.29, 1.82) is 0 Å². The predicted octanol–water partition coefficient (Wildman–Crippen LogP) is 1.55. The van der Waals surface area contributed by atoms with Gasteiger partial charge in [-0.05, 0) is 24.7 Å². The zero-order chi connectivity index (χ0) is 14.3. The third kappa shape index (κ3) is 6.80. The Hall–Kier alpha value is -0.780. The van der Waals surface area contributed by atoms with Crippen molar-refractivity contribution in [2.24, 2.45) is 11.8 Å². The van der Waals surface area contributed by atoms with Gasteiger partial charge < -0.3 is 10.6 Å². The number of amides is 2. The van der Waals surface area contributed by atoms with Crippen LogP contribution >= 0.6 is 0 Å². The molecule has 2 N–H and O–H groups in total. The summed E-state index contributed by atoms with van der Waals surface area (Å²) in [5.41, 5.74) is 0. The molecule has 0 spiro atoms. The van der Waals surface area contributed by atoms with Crippen molar-refractivity contribution < 1.29 is 13.2 Å². The monoisotopic (exact) mass is 290 g/mol. The standard InChI is InChI=1S/C13H26N2O3S/c1-3-19(17,18)8-7-14-13(16)15-10-12-6-4-5-11(2)9-12/h11-12H,3-10H2,1-2H3,(H2,14,15,16). The van der Waals surface area contributed by atoms with E-state index >= 15 is 0 Å². The van der Waals surface area contributed by atoms with Gasteiger partial charge in [0.1, 0.15) is 0 Å².